The first kappa shape index (κ1) is 11.0. The molecule has 0 saturated carbocycles. The van der Waals surface area contributed by atoms with E-state index in [0.717, 1.165) is 11.5 Å². The van der Waals surface area contributed by atoms with E-state index in [0.29, 0.717) is 5.70 Å². The van der Waals surface area contributed by atoms with E-state index in [2.05, 4.69) is 5.92 Å². The minimum Gasteiger partial charge on any atom is -0.408 e. The van der Waals surface area contributed by atoms with Crippen molar-refractivity contribution in [1.29, 1.82) is 0 Å². The third-order valence-corrected chi connectivity index (χ3v) is 1.47. The van der Waals surface area contributed by atoms with Gasteiger partial charge in [-0.2, -0.15) is 24.1 Å². The van der Waals surface area contributed by atoms with E-state index in [1.807, 2.05) is 31.2 Å². The van der Waals surface area contributed by atoms with E-state index in [-0.39, 0.29) is 17.4 Å². The van der Waals surface area contributed by atoms with Crippen molar-refractivity contribution < 1.29 is 17.4 Å². The second-order valence-corrected chi connectivity index (χ2v) is 2.43. The molecular formula is C10H10CrN-. The summed E-state index contributed by atoms with van der Waals surface area (Å²) < 4.78 is 0. The maximum Gasteiger partial charge on any atom is 0 e. The standard InChI is InChI=1S/C10H10N.Cr/c1-3-9-7-8(2)5-4-6-10(9)11;/h1,4-7H,11H2,2H3;/q-1;. The molecule has 0 atom stereocenters. The molecule has 0 heterocycles. The van der Waals surface area contributed by atoms with Crippen LogP contribution in [-0.2, 0) is 17.4 Å². The summed E-state index contributed by atoms with van der Waals surface area (Å²) in [6.07, 6.45) is 12.8. The number of hydrogen-bond acceptors (Lipinski definition) is 1. The zero-order valence-electron chi connectivity index (χ0n) is 6.87. The van der Waals surface area contributed by atoms with Crippen molar-refractivity contribution in [3.63, 3.8) is 0 Å². The predicted molar refractivity (Wildman–Crippen MR) is 47.2 cm³/mol. The fourth-order valence-corrected chi connectivity index (χ4v) is 0.877. The van der Waals surface area contributed by atoms with Crippen molar-refractivity contribution in [2.24, 2.45) is 5.73 Å². The Bertz CT molecular complexity index is 279. The Kier molecular flexibility index (Phi) is 4.37. The summed E-state index contributed by atoms with van der Waals surface area (Å²) in [6.45, 7) is 1.99. The van der Waals surface area contributed by atoms with Crippen LogP contribution >= 0.6 is 0 Å². The monoisotopic (exact) mass is 196 g/mol. The summed E-state index contributed by atoms with van der Waals surface area (Å²) >= 11 is 0. The summed E-state index contributed by atoms with van der Waals surface area (Å²) in [7, 11) is 0. The zero-order chi connectivity index (χ0) is 8.27. The molecule has 2 N–H and O–H groups in total. The summed E-state index contributed by atoms with van der Waals surface area (Å²) in [4.78, 5) is 0. The Morgan fingerprint density at radius 1 is 1.58 bits per heavy atom. The molecule has 12 heavy (non-hydrogen) atoms. The molecule has 1 aliphatic carbocycles. The van der Waals surface area contributed by atoms with Crippen molar-refractivity contribution in [3.8, 4) is 12.3 Å². The van der Waals surface area contributed by atoms with Gasteiger partial charge in [-0.25, -0.2) is 0 Å². The average Bonchev–Trinajstić information content (AvgIpc) is 2.13. The zero-order valence-corrected chi connectivity index (χ0v) is 8.15. The van der Waals surface area contributed by atoms with Crippen LogP contribution in [-0.4, -0.2) is 0 Å². The number of rotatable bonds is 0. The molecule has 0 saturated heterocycles. The quantitative estimate of drug-likeness (QED) is 0.461. The van der Waals surface area contributed by atoms with E-state index in [9.17, 15) is 0 Å². The van der Waals surface area contributed by atoms with Crippen LogP contribution in [0.2, 0.25) is 0 Å². The molecule has 0 aliphatic heterocycles. The van der Waals surface area contributed by atoms with Gasteiger partial charge in [-0.1, -0.05) is 12.5 Å². The first-order valence-corrected chi connectivity index (χ1v) is 3.40. The van der Waals surface area contributed by atoms with E-state index < -0.39 is 0 Å². The Morgan fingerprint density at radius 3 is 2.83 bits per heavy atom. The van der Waals surface area contributed by atoms with Gasteiger partial charge in [0.2, 0.25) is 0 Å². The van der Waals surface area contributed by atoms with Crippen LogP contribution in [0.5, 0.6) is 0 Å². The van der Waals surface area contributed by atoms with Crippen molar-refractivity contribution in [2.75, 3.05) is 0 Å². The van der Waals surface area contributed by atoms with Crippen LogP contribution in [0.25, 0.3) is 0 Å². The molecule has 1 nitrogen and oxygen atoms in total. The molecule has 0 aromatic rings. The number of hydrogen-bond donors (Lipinski definition) is 1. The van der Waals surface area contributed by atoms with Gasteiger partial charge in [0.05, 0.1) is 0 Å². The van der Waals surface area contributed by atoms with E-state index in [1.54, 1.807) is 0 Å². The van der Waals surface area contributed by atoms with Crippen LogP contribution in [0.4, 0.5) is 0 Å². The topological polar surface area (TPSA) is 26.0 Å². The smallest absolute Gasteiger partial charge is 0 e. The third-order valence-electron chi connectivity index (χ3n) is 1.47. The molecule has 0 fully saturated rings. The van der Waals surface area contributed by atoms with Gasteiger partial charge in [0.15, 0.2) is 0 Å². The number of terminal acetylenes is 1. The summed E-state index contributed by atoms with van der Waals surface area (Å²) in [5, 5.41) is 0. The Morgan fingerprint density at radius 2 is 2.25 bits per heavy atom. The number of nitrogens with two attached hydrogens (primary N) is 1. The molecule has 0 radical (unpaired) electrons. The molecular weight excluding hydrogens is 186 g/mol. The van der Waals surface area contributed by atoms with Gasteiger partial charge in [0.25, 0.3) is 0 Å². The van der Waals surface area contributed by atoms with Gasteiger partial charge in [-0.3, -0.25) is 0 Å². The minimum atomic E-state index is 0. The number of allylic oxidation sites excluding steroid dienone is 5. The Balaban J connectivity index is 0.00000121. The van der Waals surface area contributed by atoms with Crippen LogP contribution in [0.1, 0.15) is 6.92 Å². The maximum absolute atomic E-state index is 5.64. The average molecular weight is 196 g/mol. The van der Waals surface area contributed by atoms with Gasteiger partial charge in [0, 0.05) is 17.4 Å². The van der Waals surface area contributed by atoms with Gasteiger partial charge in [-0.15, -0.1) is 18.4 Å². The van der Waals surface area contributed by atoms with Crippen LogP contribution < -0.4 is 5.73 Å². The second kappa shape index (κ2) is 4.78. The molecule has 1 rings (SSSR count). The van der Waals surface area contributed by atoms with Gasteiger partial charge in [-0.05, 0) is 5.70 Å². The second-order valence-electron chi connectivity index (χ2n) is 2.43. The molecule has 0 aromatic heterocycles. The molecule has 62 valence electrons. The first-order chi connectivity index (χ1) is 5.24. The van der Waals surface area contributed by atoms with E-state index in [4.69, 9.17) is 12.2 Å². The van der Waals surface area contributed by atoms with Gasteiger partial charge in [0.1, 0.15) is 0 Å². The van der Waals surface area contributed by atoms with Crippen molar-refractivity contribution in [3.05, 3.63) is 41.5 Å². The largest absolute Gasteiger partial charge is 0.408 e. The Labute approximate surface area is 84.2 Å². The van der Waals surface area contributed by atoms with Crippen molar-refractivity contribution >= 4 is 0 Å². The van der Waals surface area contributed by atoms with Crippen LogP contribution in [0, 0.1) is 18.3 Å². The first-order valence-electron chi connectivity index (χ1n) is 3.40. The summed E-state index contributed by atoms with van der Waals surface area (Å²) in [5.41, 5.74) is 7.05. The summed E-state index contributed by atoms with van der Waals surface area (Å²) in [6, 6.07) is 0. The molecule has 2 heteroatoms. The molecule has 0 bridgehead atoms. The summed E-state index contributed by atoms with van der Waals surface area (Å²) in [5.74, 6) is 3.65. The van der Waals surface area contributed by atoms with Gasteiger partial charge < -0.3 is 5.73 Å². The van der Waals surface area contributed by atoms with E-state index in [1.165, 1.54) is 0 Å². The van der Waals surface area contributed by atoms with Crippen LogP contribution in [0.15, 0.2) is 35.6 Å². The predicted octanol–water partition coefficient (Wildman–Crippen LogP) is 1.55. The van der Waals surface area contributed by atoms with Gasteiger partial charge >= 0.3 is 0 Å². The SMILES string of the molecule is C#CC1=C[C-](C)C=CC=C1N.[Cr]. The molecule has 1 aliphatic rings. The third kappa shape index (κ3) is 2.55. The minimum absolute atomic E-state index is 0. The van der Waals surface area contributed by atoms with E-state index >= 15 is 0 Å². The maximum atomic E-state index is 5.64. The molecule has 0 amide bonds. The molecule has 0 aromatic carbocycles. The fourth-order valence-electron chi connectivity index (χ4n) is 0.877. The normalized spacial score (nSPS) is 15.2. The fraction of sp³-hybridized carbons (Fsp3) is 0.100. The van der Waals surface area contributed by atoms with Crippen molar-refractivity contribution in [1.82, 2.24) is 0 Å². The molecule has 0 spiro atoms. The van der Waals surface area contributed by atoms with Crippen LogP contribution in [0.3, 0.4) is 0 Å². The molecule has 0 unspecified atom stereocenters. The Hall–Kier alpha value is -1.02. The van der Waals surface area contributed by atoms with Crippen molar-refractivity contribution in [2.45, 2.75) is 6.92 Å².